The third-order valence-corrected chi connectivity index (χ3v) is 3.92. The van der Waals surface area contributed by atoms with Gasteiger partial charge in [-0.1, -0.05) is 6.42 Å². The van der Waals surface area contributed by atoms with Crippen molar-refractivity contribution in [3.05, 3.63) is 0 Å². The van der Waals surface area contributed by atoms with Gasteiger partial charge in [0, 0.05) is 32.3 Å². The Kier molecular flexibility index (Phi) is 10.6. The van der Waals surface area contributed by atoms with Crippen LogP contribution in [0.1, 0.15) is 40.0 Å². The van der Waals surface area contributed by atoms with Gasteiger partial charge in [-0.15, -0.1) is 24.0 Å². The topological polar surface area (TPSA) is 48.9 Å². The average Bonchev–Trinajstić information content (AvgIpc) is 2.44. The molecule has 2 N–H and O–H groups in total. The molecule has 0 aromatic carbocycles. The fraction of sp³-hybridized carbons (Fsp3) is 0.933. The molecule has 5 nitrogen and oxygen atoms in total. The number of hydrogen-bond donors (Lipinski definition) is 2. The first-order chi connectivity index (χ1) is 9.49. The first-order valence-corrected chi connectivity index (χ1v) is 7.71. The minimum absolute atomic E-state index is 0. The van der Waals surface area contributed by atoms with Crippen molar-refractivity contribution in [1.29, 1.82) is 0 Å². The van der Waals surface area contributed by atoms with Gasteiger partial charge in [-0.05, 0) is 46.7 Å². The summed E-state index contributed by atoms with van der Waals surface area (Å²) < 4.78 is 5.14. The Morgan fingerprint density at radius 2 is 1.90 bits per heavy atom. The van der Waals surface area contributed by atoms with E-state index in [1.54, 1.807) is 7.11 Å². The van der Waals surface area contributed by atoms with Gasteiger partial charge < -0.3 is 15.4 Å². The number of aliphatic imine (C=N–C) groups is 1. The lowest BCUT2D eigenvalue weighted by atomic mass is 9.98. The lowest BCUT2D eigenvalue weighted by Crippen LogP contribution is -2.55. The van der Waals surface area contributed by atoms with Crippen molar-refractivity contribution in [3.63, 3.8) is 0 Å². The summed E-state index contributed by atoms with van der Waals surface area (Å²) in [4.78, 5) is 6.86. The van der Waals surface area contributed by atoms with Crippen LogP contribution in [-0.2, 0) is 4.74 Å². The second-order valence-electron chi connectivity index (χ2n) is 6.29. The number of piperidine rings is 1. The molecular formula is C15H33IN4O. The van der Waals surface area contributed by atoms with Crippen LogP contribution < -0.4 is 10.6 Å². The predicted octanol–water partition coefficient (Wildman–Crippen LogP) is 2.07. The van der Waals surface area contributed by atoms with Gasteiger partial charge in [-0.3, -0.25) is 9.89 Å². The Hall–Kier alpha value is -0.0800. The maximum Gasteiger partial charge on any atom is 0.191 e. The number of likely N-dealkylation sites (tertiary alicyclic amines) is 1. The van der Waals surface area contributed by atoms with Crippen molar-refractivity contribution in [2.24, 2.45) is 4.99 Å². The monoisotopic (exact) mass is 412 g/mol. The summed E-state index contributed by atoms with van der Waals surface area (Å²) in [5.74, 6) is 0.847. The van der Waals surface area contributed by atoms with Gasteiger partial charge in [-0.25, -0.2) is 0 Å². The minimum atomic E-state index is 0. The molecule has 1 heterocycles. The number of guanidine groups is 1. The molecule has 1 unspecified atom stereocenters. The molecule has 0 saturated carbocycles. The van der Waals surface area contributed by atoms with Crippen molar-refractivity contribution in [1.82, 2.24) is 15.5 Å². The third kappa shape index (κ3) is 7.65. The molecule has 1 saturated heterocycles. The van der Waals surface area contributed by atoms with Crippen molar-refractivity contribution in [3.8, 4) is 0 Å². The number of methoxy groups -OCH3 is 1. The molecule has 1 aliphatic rings. The molecule has 0 aromatic heterocycles. The van der Waals surface area contributed by atoms with Crippen LogP contribution in [0.5, 0.6) is 0 Å². The lowest BCUT2D eigenvalue weighted by molar-refractivity contribution is 0.0981. The lowest BCUT2D eigenvalue weighted by Gasteiger charge is -2.41. The van der Waals surface area contributed by atoms with Crippen LogP contribution in [0.2, 0.25) is 0 Å². The molecule has 0 amide bonds. The quantitative estimate of drug-likeness (QED) is 0.399. The van der Waals surface area contributed by atoms with Gasteiger partial charge in [0.1, 0.15) is 0 Å². The van der Waals surface area contributed by atoms with E-state index in [0.717, 1.165) is 12.5 Å². The van der Waals surface area contributed by atoms with E-state index >= 15 is 0 Å². The van der Waals surface area contributed by atoms with Crippen molar-refractivity contribution >= 4 is 29.9 Å². The highest BCUT2D eigenvalue weighted by molar-refractivity contribution is 14.0. The fourth-order valence-electron chi connectivity index (χ4n) is 2.63. The predicted molar refractivity (Wildman–Crippen MR) is 101 cm³/mol. The van der Waals surface area contributed by atoms with Crippen molar-refractivity contribution < 1.29 is 4.74 Å². The first kappa shape index (κ1) is 20.9. The van der Waals surface area contributed by atoms with E-state index < -0.39 is 0 Å². The SMILES string of the molecule is CN=C(NCC(C)(C)N1CCCCC1)NC(C)COC.I. The molecule has 1 fully saturated rings. The largest absolute Gasteiger partial charge is 0.383 e. The molecule has 0 radical (unpaired) electrons. The van der Waals surface area contributed by atoms with Crippen LogP contribution in [0.4, 0.5) is 0 Å². The number of ether oxygens (including phenoxy) is 1. The average molecular weight is 412 g/mol. The molecule has 0 bridgehead atoms. The fourth-order valence-corrected chi connectivity index (χ4v) is 2.63. The van der Waals surface area contributed by atoms with E-state index in [1.165, 1.54) is 32.4 Å². The molecule has 21 heavy (non-hydrogen) atoms. The molecule has 0 spiro atoms. The maximum absolute atomic E-state index is 5.14. The van der Waals surface area contributed by atoms with Gasteiger partial charge in [0.15, 0.2) is 5.96 Å². The molecule has 1 atom stereocenters. The second-order valence-corrected chi connectivity index (χ2v) is 6.29. The van der Waals surface area contributed by atoms with E-state index in [1.807, 2.05) is 7.05 Å². The molecule has 1 rings (SSSR count). The van der Waals surface area contributed by atoms with Crippen LogP contribution in [0.25, 0.3) is 0 Å². The molecule has 0 aliphatic carbocycles. The summed E-state index contributed by atoms with van der Waals surface area (Å²) >= 11 is 0. The molecule has 6 heteroatoms. The van der Waals surface area contributed by atoms with Crippen LogP contribution in [-0.4, -0.2) is 62.8 Å². The summed E-state index contributed by atoms with van der Waals surface area (Å²) in [5, 5.41) is 6.78. The summed E-state index contributed by atoms with van der Waals surface area (Å²) in [6, 6.07) is 0.254. The Bertz CT molecular complexity index is 304. The summed E-state index contributed by atoms with van der Waals surface area (Å²) in [6.07, 6.45) is 4.01. The van der Waals surface area contributed by atoms with Gasteiger partial charge >= 0.3 is 0 Å². The number of nitrogens with zero attached hydrogens (tertiary/aromatic N) is 2. The Morgan fingerprint density at radius 1 is 1.29 bits per heavy atom. The summed E-state index contributed by atoms with van der Waals surface area (Å²) in [5.41, 5.74) is 0.155. The molecule has 1 aliphatic heterocycles. The standard InChI is InChI=1S/C15H32N4O.HI/c1-13(11-20-5)18-14(16-4)17-12-15(2,3)19-9-7-6-8-10-19;/h13H,6-12H2,1-5H3,(H2,16,17,18);1H. The van der Waals surface area contributed by atoms with Crippen LogP contribution in [0, 0.1) is 0 Å². The van der Waals surface area contributed by atoms with Gasteiger partial charge in [0.25, 0.3) is 0 Å². The van der Waals surface area contributed by atoms with Crippen LogP contribution in [0.3, 0.4) is 0 Å². The van der Waals surface area contributed by atoms with Gasteiger partial charge in [0.05, 0.1) is 6.61 Å². The maximum atomic E-state index is 5.14. The van der Waals surface area contributed by atoms with Crippen LogP contribution in [0.15, 0.2) is 4.99 Å². The Labute approximate surface area is 147 Å². The number of halogens is 1. The van der Waals surface area contributed by atoms with Gasteiger partial charge in [0.2, 0.25) is 0 Å². The highest BCUT2D eigenvalue weighted by atomic mass is 127. The zero-order chi connectivity index (χ0) is 15.0. The van der Waals surface area contributed by atoms with Crippen molar-refractivity contribution in [2.45, 2.75) is 51.6 Å². The number of rotatable bonds is 6. The molecule has 126 valence electrons. The van der Waals surface area contributed by atoms with E-state index in [9.17, 15) is 0 Å². The second kappa shape index (κ2) is 10.6. The highest BCUT2D eigenvalue weighted by Crippen LogP contribution is 2.19. The van der Waals surface area contributed by atoms with E-state index in [4.69, 9.17) is 4.74 Å². The zero-order valence-corrected chi connectivity index (χ0v) is 16.6. The van der Waals surface area contributed by atoms with E-state index in [0.29, 0.717) is 6.61 Å². The molecule has 0 aromatic rings. The minimum Gasteiger partial charge on any atom is -0.383 e. The smallest absolute Gasteiger partial charge is 0.191 e. The van der Waals surface area contributed by atoms with E-state index in [2.05, 4.69) is 41.3 Å². The zero-order valence-electron chi connectivity index (χ0n) is 14.2. The molecular weight excluding hydrogens is 379 g/mol. The highest BCUT2D eigenvalue weighted by Gasteiger charge is 2.27. The summed E-state index contributed by atoms with van der Waals surface area (Å²) in [7, 11) is 3.52. The summed E-state index contributed by atoms with van der Waals surface area (Å²) in [6.45, 7) is 10.7. The van der Waals surface area contributed by atoms with Crippen molar-refractivity contribution in [2.75, 3.05) is 40.4 Å². The Morgan fingerprint density at radius 3 is 2.43 bits per heavy atom. The van der Waals surface area contributed by atoms with E-state index in [-0.39, 0.29) is 35.6 Å². The first-order valence-electron chi connectivity index (χ1n) is 7.71. The number of nitrogens with one attached hydrogen (secondary N) is 2. The third-order valence-electron chi connectivity index (χ3n) is 3.92. The number of hydrogen-bond acceptors (Lipinski definition) is 3. The Balaban J connectivity index is 0.00000400. The van der Waals surface area contributed by atoms with Crippen LogP contribution >= 0.6 is 24.0 Å². The normalized spacial score (nSPS) is 18.8. The van der Waals surface area contributed by atoms with Gasteiger partial charge in [-0.2, -0.15) is 0 Å².